The second-order valence-electron chi connectivity index (χ2n) is 5.64. The van der Waals surface area contributed by atoms with Crippen molar-refractivity contribution in [2.45, 2.75) is 5.16 Å². The summed E-state index contributed by atoms with van der Waals surface area (Å²) >= 11 is 3.00. The average Bonchev–Trinajstić information content (AvgIpc) is 3.37. The number of para-hydroxylation sites is 1. The molecule has 0 fully saturated rings. The summed E-state index contributed by atoms with van der Waals surface area (Å²) in [7, 11) is 1.89. The lowest BCUT2D eigenvalue weighted by Gasteiger charge is -2.02. The molecule has 0 aliphatic heterocycles. The van der Waals surface area contributed by atoms with Crippen molar-refractivity contribution in [1.82, 2.24) is 30.0 Å². The van der Waals surface area contributed by atoms with E-state index in [0.717, 1.165) is 32.5 Å². The first kappa shape index (κ1) is 16.8. The zero-order valence-electron chi connectivity index (χ0n) is 14.0. The molecule has 9 heteroatoms. The van der Waals surface area contributed by atoms with E-state index in [1.807, 2.05) is 41.9 Å². The summed E-state index contributed by atoms with van der Waals surface area (Å²) in [5, 5.41) is 15.3. The van der Waals surface area contributed by atoms with Gasteiger partial charge in [-0.1, -0.05) is 30.0 Å². The van der Waals surface area contributed by atoms with E-state index in [-0.39, 0.29) is 5.91 Å². The van der Waals surface area contributed by atoms with Crippen LogP contribution in [0, 0.1) is 0 Å². The number of rotatable bonds is 6. The standard InChI is InChI=1S/C17H16N6OS2/c1-23-10-19-22-17(23)25-7-6-18-15(24)14-9-26-16(21-14)13-8-11-4-2-3-5-12(11)20-13/h2-5,8-10,20H,6-7H2,1H3,(H,18,24). The number of amides is 1. The molecule has 26 heavy (non-hydrogen) atoms. The maximum Gasteiger partial charge on any atom is 0.270 e. The van der Waals surface area contributed by atoms with E-state index in [0.29, 0.717) is 12.2 Å². The number of H-pyrrole nitrogens is 1. The van der Waals surface area contributed by atoms with Gasteiger partial charge >= 0.3 is 0 Å². The van der Waals surface area contributed by atoms with Crippen LogP contribution < -0.4 is 5.32 Å². The number of fused-ring (bicyclic) bond motifs is 1. The van der Waals surface area contributed by atoms with Gasteiger partial charge in [0.2, 0.25) is 0 Å². The number of aromatic nitrogens is 5. The molecular weight excluding hydrogens is 368 g/mol. The van der Waals surface area contributed by atoms with Crippen molar-refractivity contribution in [1.29, 1.82) is 0 Å². The van der Waals surface area contributed by atoms with E-state index in [1.165, 1.54) is 11.3 Å². The van der Waals surface area contributed by atoms with Gasteiger partial charge in [-0.15, -0.1) is 21.5 Å². The summed E-state index contributed by atoms with van der Waals surface area (Å²) in [5.74, 6) is 0.555. The lowest BCUT2D eigenvalue weighted by atomic mass is 10.2. The predicted molar refractivity (Wildman–Crippen MR) is 103 cm³/mol. The minimum atomic E-state index is -0.165. The molecule has 0 radical (unpaired) electrons. The third-order valence-corrected chi connectivity index (χ3v) is 5.70. The monoisotopic (exact) mass is 384 g/mol. The largest absolute Gasteiger partial charge is 0.353 e. The number of carbonyl (C=O) groups excluding carboxylic acids is 1. The normalized spacial score (nSPS) is 11.1. The van der Waals surface area contributed by atoms with Crippen LogP contribution in [0.15, 0.2) is 47.2 Å². The van der Waals surface area contributed by atoms with Crippen LogP contribution in [0.2, 0.25) is 0 Å². The summed E-state index contributed by atoms with van der Waals surface area (Å²) in [5.41, 5.74) is 2.42. The average molecular weight is 384 g/mol. The molecule has 4 rings (SSSR count). The van der Waals surface area contributed by atoms with Gasteiger partial charge in [-0.3, -0.25) is 4.79 Å². The summed E-state index contributed by atoms with van der Waals surface area (Å²) < 4.78 is 1.85. The van der Waals surface area contributed by atoms with Crippen LogP contribution in [0.5, 0.6) is 0 Å². The minimum Gasteiger partial charge on any atom is -0.353 e. The number of benzene rings is 1. The first-order chi connectivity index (χ1) is 12.7. The molecule has 0 unspecified atom stereocenters. The Labute approximate surface area is 157 Å². The van der Waals surface area contributed by atoms with Crippen molar-refractivity contribution in [3.63, 3.8) is 0 Å². The molecule has 3 aromatic heterocycles. The highest BCUT2D eigenvalue weighted by Crippen LogP contribution is 2.26. The molecule has 0 aliphatic carbocycles. The van der Waals surface area contributed by atoms with Crippen LogP contribution >= 0.6 is 23.1 Å². The van der Waals surface area contributed by atoms with Crippen LogP contribution in [-0.4, -0.2) is 42.9 Å². The Kier molecular flexibility index (Phi) is 4.72. The highest BCUT2D eigenvalue weighted by atomic mass is 32.2. The second kappa shape index (κ2) is 7.30. The maximum absolute atomic E-state index is 12.3. The Hall–Kier alpha value is -2.65. The molecule has 0 saturated heterocycles. The first-order valence-electron chi connectivity index (χ1n) is 7.99. The Morgan fingerprint density at radius 1 is 1.38 bits per heavy atom. The van der Waals surface area contributed by atoms with E-state index in [2.05, 4.69) is 25.5 Å². The summed E-state index contributed by atoms with van der Waals surface area (Å²) in [6.07, 6.45) is 1.65. The highest BCUT2D eigenvalue weighted by molar-refractivity contribution is 7.99. The Balaban J connectivity index is 1.36. The first-order valence-corrected chi connectivity index (χ1v) is 9.86. The van der Waals surface area contributed by atoms with E-state index in [1.54, 1.807) is 23.5 Å². The number of hydrogen-bond donors (Lipinski definition) is 2. The third-order valence-electron chi connectivity index (χ3n) is 3.79. The molecule has 132 valence electrons. The van der Waals surface area contributed by atoms with Crippen molar-refractivity contribution in [2.24, 2.45) is 7.05 Å². The molecule has 1 amide bonds. The maximum atomic E-state index is 12.3. The van der Waals surface area contributed by atoms with Crippen LogP contribution in [-0.2, 0) is 7.05 Å². The summed E-state index contributed by atoms with van der Waals surface area (Å²) in [6.45, 7) is 0.537. The van der Waals surface area contributed by atoms with Gasteiger partial charge in [-0.05, 0) is 12.1 Å². The smallest absolute Gasteiger partial charge is 0.270 e. The van der Waals surface area contributed by atoms with Crippen LogP contribution in [0.25, 0.3) is 21.6 Å². The lowest BCUT2D eigenvalue weighted by molar-refractivity contribution is 0.0952. The van der Waals surface area contributed by atoms with Gasteiger partial charge < -0.3 is 14.9 Å². The van der Waals surface area contributed by atoms with Gasteiger partial charge in [0.05, 0.1) is 5.69 Å². The van der Waals surface area contributed by atoms with E-state index < -0.39 is 0 Å². The fourth-order valence-corrected chi connectivity index (χ4v) is 4.00. The molecule has 0 spiro atoms. The fourth-order valence-electron chi connectivity index (χ4n) is 2.49. The Morgan fingerprint density at radius 2 is 2.27 bits per heavy atom. The number of nitrogens with zero attached hydrogens (tertiary/aromatic N) is 4. The molecule has 3 heterocycles. The molecule has 7 nitrogen and oxygen atoms in total. The van der Waals surface area contributed by atoms with Gasteiger partial charge in [0.1, 0.15) is 17.0 Å². The second-order valence-corrected chi connectivity index (χ2v) is 7.56. The molecule has 0 bridgehead atoms. The van der Waals surface area contributed by atoms with Gasteiger partial charge in [0, 0.05) is 35.6 Å². The molecule has 0 aliphatic rings. The number of thioether (sulfide) groups is 1. The quantitative estimate of drug-likeness (QED) is 0.394. The number of hydrogen-bond acceptors (Lipinski definition) is 6. The molecule has 2 N–H and O–H groups in total. The number of aryl methyl sites for hydroxylation is 1. The highest BCUT2D eigenvalue weighted by Gasteiger charge is 2.13. The van der Waals surface area contributed by atoms with Crippen molar-refractivity contribution in [3.05, 3.63) is 47.7 Å². The van der Waals surface area contributed by atoms with Crippen molar-refractivity contribution >= 4 is 39.9 Å². The van der Waals surface area contributed by atoms with Crippen LogP contribution in [0.3, 0.4) is 0 Å². The van der Waals surface area contributed by atoms with E-state index in [9.17, 15) is 4.79 Å². The van der Waals surface area contributed by atoms with E-state index in [4.69, 9.17) is 0 Å². The summed E-state index contributed by atoms with van der Waals surface area (Å²) in [6, 6.07) is 10.1. The number of aromatic amines is 1. The van der Waals surface area contributed by atoms with Gasteiger partial charge in [-0.25, -0.2) is 4.98 Å². The van der Waals surface area contributed by atoms with Crippen molar-refractivity contribution < 1.29 is 4.79 Å². The zero-order valence-corrected chi connectivity index (χ0v) is 15.6. The number of carbonyl (C=O) groups is 1. The third kappa shape index (κ3) is 3.49. The Bertz CT molecular complexity index is 1020. The number of thiazole rings is 1. The van der Waals surface area contributed by atoms with E-state index >= 15 is 0 Å². The fraction of sp³-hybridized carbons (Fsp3) is 0.176. The van der Waals surface area contributed by atoms with Crippen molar-refractivity contribution in [3.8, 4) is 10.7 Å². The number of nitrogens with one attached hydrogen (secondary N) is 2. The molecule has 0 atom stereocenters. The molecule has 0 saturated carbocycles. The van der Waals surface area contributed by atoms with Crippen LogP contribution in [0.1, 0.15) is 10.5 Å². The van der Waals surface area contributed by atoms with Crippen molar-refractivity contribution in [2.75, 3.05) is 12.3 Å². The SMILES string of the molecule is Cn1cnnc1SCCNC(=O)c1csc(-c2cc3ccccc3[nH]2)n1. The summed E-state index contributed by atoms with van der Waals surface area (Å²) in [4.78, 5) is 20.1. The minimum absolute atomic E-state index is 0.165. The zero-order chi connectivity index (χ0) is 17.9. The molecule has 1 aromatic carbocycles. The van der Waals surface area contributed by atoms with Crippen LogP contribution in [0.4, 0.5) is 0 Å². The lowest BCUT2D eigenvalue weighted by Crippen LogP contribution is -2.26. The van der Waals surface area contributed by atoms with Gasteiger partial charge in [-0.2, -0.15) is 0 Å². The molecular formula is C17H16N6OS2. The van der Waals surface area contributed by atoms with Gasteiger partial charge in [0.25, 0.3) is 5.91 Å². The van der Waals surface area contributed by atoms with Gasteiger partial charge in [0.15, 0.2) is 5.16 Å². The molecule has 4 aromatic rings. The predicted octanol–water partition coefficient (Wildman–Crippen LogP) is 2.94. The topological polar surface area (TPSA) is 88.5 Å². The Morgan fingerprint density at radius 3 is 3.08 bits per heavy atom.